The Morgan fingerprint density at radius 1 is 1.50 bits per heavy atom. The molecule has 0 spiro atoms. The van der Waals surface area contributed by atoms with Crippen molar-refractivity contribution in [2.45, 2.75) is 19.9 Å². The maximum atomic E-state index is 11.9. The molecule has 1 N–H and O–H groups in total. The lowest BCUT2D eigenvalue weighted by Gasteiger charge is -2.12. The second-order valence-corrected chi connectivity index (χ2v) is 4.48. The Kier molecular flexibility index (Phi) is 4.89. The number of hydrogen-bond donors (Lipinski definition) is 1. The number of benzene rings is 1. The first kappa shape index (κ1) is 14.3. The van der Waals surface area contributed by atoms with Crippen LogP contribution in [0.1, 0.15) is 13.3 Å². The summed E-state index contributed by atoms with van der Waals surface area (Å²) in [5.74, 6) is 0.322. The van der Waals surface area contributed by atoms with Crippen LogP contribution in [0.2, 0.25) is 5.02 Å². The molecule has 7 nitrogen and oxygen atoms in total. The van der Waals surface area contributed by atoms with Crippen molar-refractivity contribution >= 4 is 23.2 Å². The van der Waals surface area contributed by atoms with Crippen LogP contribution in [0, 0.1) is 0 Å². The lowest BCUT2D eigenvalue weighted by atomic mass is 10.3. The van der Waals surface area contributed by atoms with Crippen molar-refractivity contribution in [1.82, 2.24) is 20.2 Å². The molecule has 2 rings (SSSR count). The van der Waals surface area contributed by atoms with E-state index in [1.54, 1.807) is 18.2 Å². The molecule has 0 radical (unpaired) electrons. The van der Waals surface area contributed by atoms with Gasteiger partial charge in [-0.05, 0) is 35.0 Å². The zero-order chi connectivity index (χ0) is 14.4. The van der Waals surface area contributed by atoms with Crippen LogP contribution in [-0.4, -0.2) is 32.7 Å². The molecular weight excluding hydrogens is 282 g/mol. The Labute approximate surface area is 120 Å². The van der Waals surface area contributed by atoms with Crippen molar-refractivity contribution in [3.8, 4) is 5.75 Å². The summed E-state index contributed by atoms with van der Waals surface area (Å²) in [5, 5.41) is 13.8. The first-order chi connectivity index (χ1) is 9.69. The zero-order valence-corrected chi connectivity index (χ0v) is 11.7. The van der Waals surface area contributed by atoms with Crippen molar-refractivity contribution in [3.63, 3.8) is 0 Å². The molecule has 8 heteroatoms. The minimum absolute atomic E-state index is 0.0206. The zero-order valence-electron chi connectivity index (χ0n) is 10.9. The number of ether oxygens (including phenoxy) is 1. The van der Waals surface area contributed by atoms with Crippen molar-refractivity contribution in [2.75, 3.05) is 11.9 Å². The highest BCUT2D eigenvalue weighted by Gasteiger charge is 2.10. The van der Waals surface area contributed by atoms with Gasteiger partial charge >= 0.3 is 0 Å². The Morgan fingerprint density at radius 2 is 2.35 bits per heavy atom. The Bertz CT molecular complexity index is 573. The molecule has 106 valence electrons. The number of hydrogen-bond acceptors (Lipinski definition) is 5. The number of carbonyl (C=O) groups excluding carboxylic acids is 1. The van der Waals surface area contributed by atoms with E-state index >= 15 is 0 Å². The molecule has 0 saturated carbocycles. The summed E-state index contributed by atoms with van der Waals surface area (Å²) in [6.45, 7) is 2.59. The maximum absolute atomic E-state index is 11.9. The van der Waals surface area contributed by atoms with Gasteiger partial charge in [-0.1, -0.05) is 18.5 Å². The molecule has 20 heavy (non-hydrogen) atoms. The van der Waals surface area contributed by atoms with Gasteiger partial charge in [0.2, 0.25) is 5.91 Å². The number of aromatic nitrogens is 4. The summed E-state index contributed by atoms with van der Waals surface area (Å²) < 4.78 is 6.88. The summed E-state index contributed by atoms with van der Waals surface area (Å²) in [4.78, 5) is 11.9. The van der Waals surface area contributed by atoms with Gasteiger partial charge in [-0.2, -0.15) is 0 Å². The van der Waals surface area contributed by atoms with Gasteiger partial charge in [0.1, 0.15) is 18.6 Å². The van der Waals surface area contributed by atoms with Crippen LogP contribution in [0.15, 0.2) is 24.5 Å². The Morgan fingerprint density at radius 3 is 3.05 bits per heavy atom. The highest BCUT2D eigenvalue weighted by atomic mass is 35.5. The number of amides is 1. The highest BCUT2D eigenvalue weighted by molar-refractivity contribution is 6.31. The van der Waals surface area contributed by atoms with Gasteiger partial charge in [0, 0.05) is 5.02 Å². The molecule has 2 aromatic rings. The third kappa shape index (κ3) is 3.92. The topological polar surface area (TPSA) is 81.9 Å². The first-order valence-electron chi connectivity index (χ1n) is 6.12. The number of tetrazole rings is 1. The van der Waals surface area contributed by atoms with E-state index in [4.69, 9.17) is 16.3 Å². The third-order valence-electron chi connectivity index (χ3n) is 2.37. The van der Waals surface area contributed by atoms with Crippen LogP contribution < -0.4 is 10.1 Å². The van der Waals surface area contributed by atoms with Crippen molar-refractivity contribution in [3.05, 3.63) is 29.5 Å². The van der Waals surface area contributed by atoms with E-state index in [-0.39, 0.29) is 12.5 Å². The SMILES string of the molecule is CCCOc1ccc(Cl)cc1NC(=O)Cn1cnnn1. The van der Waals surface area contributed by atoms with Crippen LogP contribution >= 0.6 is 11.6 Å². The molecule has 0 bridgehead atoms. The minimum Gasteiger partial charge on any atom is -0.491 e. The molecule has 1 heterocycles. The average molecular weight is 296 g/mol. The van der Waals surface area contributed by atoms with E-state index in [0.717, 1.165) is 6.42 Å². The second-order valence-electron chi connectivity index (χ2n) is 4.04. The van der Waals surface area contributed by atoms with Gasteiger partial charge in [0.15, 0.2) is 0 Å². The standard InChI is InChI=1S/C12H14ClN5O2/c1-2-5-20-11-4-3-9(13)6-10(11)15-12(19)7-18-8-14-16-17-18/h3-4,6,8H,2,5,7H2,1H3,(H,15,19). The number of rotatable bonds is 6. The van der Waals surface area contributed by atoms with Gasteiger partial charge in [-0.3, -0.25) is 4.79 Å². The van der Waals surface area contributed by atoms with E-state index < -0.39 is 0 Å². The maximum Gasteiger partial charge on any atom is 0.246 e. The molecule has 0 aliphatic rings. The van der Waals surface area contributed by atoms with Crippen molar-refractivity contribution in [2.24, 2.45) is 0 Å². The van der Waals surface area contributed by atoms with Crippen LogP contribution in [-0.2, 0) is 11.3 Å². The molecule has 0 unspecified atom stereocenters. The molecular formula is C12H14ClN5O2. The monoisotopic (exact) mass is 295 g/mol. The molecule has 1 aromatic heterocycles. The molecule has 0 saturated heterocycles. The minimum atomic E-state index is -0.263. The number of nitrogens with one attached hydrogen (secondary N) is 1. The Hall–Kier alpha value is -2.15. The van der Waals surface area contributed by atoms with Gasteiger partial charge in [0.25, 0.3) is 0 Å². The molecule has 1 amide bonds. The number of halogens is 1. The van der Waals surface area contributed by atoms with Crippen molar-refractivity contribution in [1.29, 1.82) is 0 Å². The van der Waals surface area contributed by atoms with E-state index in [1.807, 2.05) is 6.92 Å². The molecule has 0 fully saturated rings. The number of nitrogens with zero attached hydrogens (tertiary/aromatic N) is 4. The van der Waals surface area contributed by atoms with Crippen LogP contribution in [0.5, 0.6) is 5.75 Å². The normalized spacial score (nSPS) is 10.3. The second kappa shape index (κ2) is 6.85. The van der Waals surface area contributed by atoms with Gasteiger partial charge in [-0.15, -0.1) is 5.10 Å². The van der Waals surface area contributed by atoms with Crippen LogP contribution in [0.25, 0.3) is 0 Å². The predicted molar refractivity (Wildman–Crippen MR) is 73.7 cm³/mol. The quantitative estimate of drug-likeness (QED) is 0.878. The number of carbonyl (C=O) groups is 1. The summed E-state index contributed by atoms with van der Waals surface area (Å²) in [6.07, 6.45) is 2.24. The summed E-state index contributed by atoms with van der Waals surface area (Å²) >= 11 is 5.93. The van der Waals surface area contributed by atoms with E-state index in [1.165, 1.54) is 11.0 Å². The summed E-state index contributed by atoms with van der Waals surface area (Å²) in [6, 6.07) is 5.08. The summed E-state index contributed by atoms with van der Waals surface area (Å²) in [7, 11) is 0. The van der Waals surface area contributed by atoms with E-state index in [9.17, 15) is 4.79 Å². The van der Waals surface area contributed by atoms with Crippen molar-refractivity contribution < 1.29 is 9.53 Å². The fourth-order valence-corrected chi connectivity index (χ4v) is 1.70. The lowest BCUT2D eigenvalue weighted by Crippen LogP contribution is -2.19. The first-order valence-corrected chi connectivity index (χ1v) is 6.50. The fourth-order valence-electron chi connectivity index (χ4n) is 1.53. The average Bonchev–Trinajstić information content (AvgIpc) is 2.90. The van der Waals surface area contributed by atoms with E-state index in [2.05, 4.69) is 20.8 Å². The molecule has 1 aromatic carbocycles. The Balaban J connectivity index is 2.06. The number of anilines is 1. The van der Waals surface area contributed by atoms with Gasteiger partial charge in [-0.25, -0.2) is 4.68 Å². The fraction of sp³-hybridized carbons (Fsp3) is 0.333. The van der Waals surface area contributed by atoms with Crippen LogP contribution in [0.4, 0.5) is 5.69 Å². The molecule has 0 atom stereocenters. The smallest absolute Gasteiger partial charge is 0.246 e. The highest BCUT2D eigenvalue weighted by Crippen LogP contribution is 2.28. The van der Waals surface area contributed by atoms with E-state index in [0.29, 0.717) is 23.1 Å². The predicted octanol–water partition coefficient (Wildman–Crippen LogP) is 1.75. The third-order valence-corrected chi connectivity index (χ3v) is 2.61. The van der Waals surface area contributed by atoms with Crippen LogP contribution in [0.3, 0.4) is 0 Å². The van der Waals surface area contributed by atoms with Gasteiger partial charge in [0.05, 0.1) is 12.3 Å². The van der Waals surface area contributed by atoms with Gasteiger partial charge < -0.3 is 10.1 Å². The molecule has 0 aliphatic carbocycles. The largest absolute Gasteiger partial charge is 0.491 e. The lowest BCUT2D eigenvalue weighted by molar-refractivity contribution is -0.116. The summed E-state index contributed by atoms with van der Waals surface area (Å²) in [5.41, 5.74) is 0.532. The molecule has 0 aliphatic heterocycles.